The zero-order valence-corrected chi connectivity index (χ0v) is 15.0. The standard InChI is InChI=1S/C21H22FN3O2/c22-18-5-9-20(10-6-18)27-19-7-3-17(4-8-19)11-12-24-21(26)2-1-14-25-15-13-23-16-25/h3-10,13,15-16H,1-2,11-12,14H2,(H,24,26). The fourth-order valence-electron chi connectivity index (χ4n) is 2.64. The summed E-state index contributed by atoms with van der Waals surface area (Å²) in [7, 11) is 0. The van der Waals surface area contributed by atoms with Crippen LogP contribution in [0.25, 0.3) is 0 Å². The first-order valence-electron chi connectivity index (χ1n) is 8.94. The highest BCUT2D eigenvalue weighted by molar-refractivity contribution is 5.75. The molecule has 5 nitrogen and oxygen atoms in total. The molecule has 1 amide bonds. The molecule has 0 aliphatic carbocycles. The first kappa shape index (κ1) is 18.6. The molecule has 0 radical (unpaired) electrons. The highest BCUT2D eigenvalue weighted by Gasteiger charge is 2.02. The number of benzene rings is 2. The van der Waals surface area contributed by atoms with Gasteiger partial charge in [-0.05, 0) is 54.8 Å². The first-order chi connectivity index (χ1) is 13.2. The van der Waals surface area contributed by atoms with Gasteiger partial charge in [0.15, 0.2) is 0 Å². The first-order valence-corrected chi connectivity index (χ1v) is 8.94. The van der Waals surface area contributed by atoms with Crippen molar-refractivity contribution in [3.63, 3.8) is 0 Å². The normalized spacial score (nSPS) is 10.6. The Balaban J connectivity index is 1.35. The second-order valence-electron chi connectivity index (χ2n) is 6.20. The molecule has 2 aromatic carbocycles. The third-order valence-corrected chi connectivity index (χ3v) is 4.09. The van der Waals surface area contributed by atoms with Crippen LogP contribution in [0, 0.1) is 5.82 Å². The van der Waals surface area contributed by atoms with E-state index in [-0.39, 0.29) is 11.7 Å². The van der Waals surface area contributed by atoms with E-state index in [1.165, 1.54) is 12.1 Å². The summed E-state index contributed by atoms with van der Waals surface area (Å²) in [6, 6.07) is 13.6. The molecule has 0 bridgehead atoms. The van der Waals surface area contributed by atoms with Gasteiger partial charge in [-0.1, -0.05) is 12.1 Å². The van der Waals surface area contributed by atoms with E-state index in [9.17, 15) is 9.18 Å². The maximum Gasteiger partial charge on any atom is 0.220 e. The van der Waals surface area contributed by atoms with E-state index in [1.807, 2.05) is 35.0 Å². The summed E-state index contributed by atoms with van der Waals surface area (Å²) in [6.07, 6.45) is 7.42. The molecule has 0 aliphatic rings. The summed E-state index contributed by atoms with van der Waals surface area (Å²) in [4.78, 5) is 15.8. The second kappa shape index (κ2) is 9.52. The number of rotatable bonds is 9. The molecule has 0 aliphatic heterocycles. The van der Waals surface area contributed by atoms with Crippen LogP contribution in [0.1, 0.15) is 18.4 Å². The van der Waals surface area contributed by atoms with Crippen LogP contribution in [0.4, 0.5) is 4.39 Å². The number of nitrogens with zero attached hydrogens (tertiary/aromatic N) is 2. The van der Waals surface area contributed by atoms with E-state index in [4.69, 9.17) is 4.74 Å². The molecule has 27 heavy (non-hydrogen) atoms. The summed E-state index contributed by atoms with van der Waals surface area (Å²) in [6.45, 7) is 1.39. The van der Waals surface area contributed by atoms with E-state index < -0.39 is 0 Å². The molecule has 0 saturated heterocycles. The Kier molecular flexibility index (Phi) is 6.57. The van der Waals surface area contributed by atoms with Crippen LogP contribution in [0.3, 0.4) is 0 Å². The lowest BCUT2D eigenvalue weighted by molar-refractivity contribution is -0.121. The van der Waals surface area contributed by atoms with Gasteiger partial charge in [-0.3, -0.25) is 4.79 Å². The van der Waals surface area contributed by atoms with Crippen molar-refractivity contribution in [2.75, 3.05) is 6.54 Å². The average molecular weight is 367 g/mol. The monoisotopic (exact) mass is 367 g/mol. The van der Waals surface area contributed by atoms with Crippen LogP contribution in [0.5, 0.6) is 11.5 Å². The van der Waals surface area contributed by atoms with Crippen LogP contribution < -0.4 is 10.1 Å². The second-order valence-corrected chi connectivity index (χ2v) is 6.20. The van der Waals surface area contributed by atoms with Crippen LogP contribution in [-0.4, -0.2) is 22.0 Å². The van der Waals surface area contributed by atoms with Gasteiger partial charge in [0.2, 0.25) is 5.91 Å². The van der Waals surface area contributed by atoms with Crippen LogP contribution in [-0.2, 0) is 17.8 Å². The summed E-state index contributed by atoms with van der Waals surface area (Å²) >= 11 is 0. The number of carbonyl (C=O) groups is 1. The lowest BCUT2D eigenvalue weighted by atomic mass is 10.1. The molecule has 1 N–H and O–H groups in total. The van der Waals surface area contributed by atoms with Gasteiger partial charge in [-0.2, -0.15) is 0 Å². The number of carbonyl (C=O) groups excluding carboxylic acids is 1. The number of imidazole rings is 1. The molecule has 3 rings (SSSR count). The largest absolute Gasteiger partial charge is 0.457 e. The molecule has 1 aromatic heterocycles. The number of ether oxygens (including phenoxy) is 1. The molecule has 0 fully saturated rings. The van der Waals surface area contributed by atoms with Crippen molar-refractivity contribution in [1.82, 2.24) is 14.9 Å². The maximum atomic E-state index is 12.9. The van der Waals surface area contributed by atoms with Crippen molar-refractivity contribution >= 4 is 5.91 Å². The molecule has 1 heterocycles. The Hall–Kier alpha value is -3.15. The minimum Gasteiger partial charge on any atom is -0.457 e. The molecule has 0 atom stereocenters. The number of aromatic nitrogens is 2. The fourth-order valence-corrected chi connectivity index (χ4v) is 2.64. The molecule has 0 saturated carbocycles. The predicted molar refractivity (Wildman–Crippen MR) is 101 cm³/mol. The zero-order valence-electron chi connectivity index (χ0n) is 15.0. The van der Waals surface area contributed by atoms with Crippen molar-refractivity contribution in [3.05, 3.63) is 78.6 Å². The van der Waals surface area contributed by atoms with Crippen molar-refractivity contribution in [3.8, 4) is 11.5 Å². The summed E-state index contributed by atoms with van der Waals surface area (Å²) in [5, 5.41) is 2.94. The van der Waals surface area contributed by atoms with Crippen molar-refractivity contribution in [2.24, 2.45) is 0 Å². The number of aryl methyl sites for hydroxylation is 1. The van der Waals surface area contributed by atoms with Gasteiger partial charge in [0, 0.05) is 31.9 Å². The number of halogens is 1. The number of nitrogens with one attached hydrogen (secondary N) is 1. The Bertz CT molecular complexity index is 831. The fraction of sp³-hybridized carbons (Fsp3) is 0.238. The quantitative estimate of drug-likeness (QED) is 0.623. The molecule has 6 heteroatoms. The van der Waals surface area contributed by atoms with Crippen LogP contribution >= 0.6 is 0 Å². The third-order valence-electron chi connectivity index (χ3n) is 4.09. The third kappa shape index (κ3) is 6.26. The molecule has 0 unspecified atom stereocenters. The van der Waals surface area contributed by atoms with Crippen LogP contribution in [0.15, 0.2) is 67.3 Å². The average Bonchev–Trinajstić information content (AvgIpc) is 3.18. The van der Waals surface area contributed by atoms with Gasteiger partial charge in [0.25, 0.3) is 0 Å². The van der Waals surface area contributed by atoms with E-state index >= 15 is 0 Å². The predicted octanol–water partition coefficient (Wildman–Crippen LogP) is 3.95. The molecule has 0 spiro atoms. The van der Waals surface area contributed by atoms with Gasteiger partial charge in [0.1, 0.15) is 17.3 Å². The summed E-state index contributed by atoms with van der Waals surface area (Å²) in [5.41, 5.74) is 1.11. The van der Waals surface area contributed by atoms with Crippen LogP contribution in [0.2, 0.25) is 0 Å². The van der Waals surface area contributed by atoms with Gasteiger partial charge >= 0.3 is 0 Å². The van der Waals surface area contributed by atoms with Gasteiger partial charge in [-0.25, -0.2) is 9.37 Å². The Morgan fingerprint density at radius 2 is 1.78 bits per heavy atom. The van der Waals surface area contributed by atoms with Crippen molar-refractivity contribution < 1.29 is 13.9 Å². The zero-order chi connectivity index (χ0) is 18.9. The summed E-state index contributed by atoms with van der Waals surface area (Å²) in [5.74, 6) is 1.05. The van der Waals surface area contributed by atoms with Gasteiger partial charge in [-0.15, -0.1) is 0 Å². The van der Waals surface area contributed by atoms with E-state index in [1.54, 1.807) is 24.7 Å². The SMILES string of the molecule is O=C(CCCn1ccnc1)NCCc1ccc(Oc2ccc(F)cc2)cc1. The highest BCUT2D eigenvalue weighted by atomic mass is 19.1. The van der Waals surface area contributed by atoms with E-state index in [0.717, 1.165) is 24.9 Å². The minimum absolute atomic E-state index is 0.0615. The Morgan fingerprint density at radius 1 is 1.07 bits per heavy atom. The van der Waals surface area contributed by atoms with Gasteiger partial charge in [0.05, 0.1) is 6.33 Å². The number of amides is 1. The number of hydrogen-bond donors (Lipinski definition) is 1. The maximum absolute atomic E-state index is 12.9. The van der Waals surface area contributed by atoms with E-state index in [0.29, 0.717) is 24.5 Å². The number of hydrogen-bond acceptors (Lipinski definition) is 3. The van der Waals surface area contributed by atoms with Gasteiger partial charge < -0.3 is 14.6 Å². The van der Waals surface area contributed by atoms with E-state index in [2.05, 4.69) is 10.3 Å². The highest BCUT2D eigenvalue weighted by Crippen LogP contribution is 2.21. The summed E-state index contributed by atoms with van der Waals surface area (Å²) < 4.78 is 20.5. The topological polar surface area (TPSA) is 56.2 Å². The molecular formula is C21H22FN3O2. The Labute approximate surface area is 157 Å². The molecule has 140 valence electrons. The Morgan fingerprint density at radius 3 is 2.44 bits per heavy atom. The van der Waals surface area contributed by atoms with Crippen molar-refractivity contribution in [1.29, 1.82) is 0 Å². The lowest BCUT2D eigenvalue weighted by Gasteiger charge is -2.08. The molecular weight excluding hydrogens is 345 g/mol. The minimum atomic E-state index is -0.290. The van der Waals surface area contributed by atoms with Crippen molar-refractivity contribution in [2.45, 2.75) is 25.8 Å². The smallest absolute Gasteiger partial charge is 0.220 e. The lowest BCUT2D eigenvalue weighted by Crippen LogP contribution is -2.25. The molecule has 3 aromatic rings.